The Labute approximate surface area is 272 Å². The van der Waals surface area contributed by atoms with Gasteiger partial charge >= 0.3 is 0 Å². The summed E-state index contributed by atoms with van der Waals surface area (Å²) in [7, 11) is 5.61. The minimum atomic E-state index is -0.227. The number of hydrogen-bond donors (Lipinski definition) is 3. The minimum absolute atomic E-state index is 0.133. The Balaban J connectivity index is 1.15. The number of nitrogen functional groups attached to an aromatic ring is 1. The predicted molar refractivity (Wildman–Crippen MR) is 187 cm³/mol. The number of aryl methyl sites for hydroxylation is 1. The molecular weight excluding hydrogens is 598 g/mol. The SMILES string of the molecule is COc1cc(-c2csc3c(C=CC(=O)NCCCN4CCN(C)CC4)cnc(N)c23)ccc1NC(=O)c1cc2ccccc2n1C. The molecule has 5 aromatic rings. The average Bonchev–Trinajstić information content (AvgIpc) is 3.66. The highest BCUT2D eigenvalue weighted by Crippen LogP contribution is 2.41. The van der Waals surface area contributed by atoms with E-state index in [4.69, 9.17) is 10.5 Å². The molecule has 4 N–H and O–H groups in total. The summed E-state index contributed by atoms with van der Waals surface area (Å²) in [5.41, 5.74) is 11.1. The third-order valence-corrected chi connectivity index (χ3v) is 9.59. The van der Waals surface area contributed by atoms with E-state index < -0.39 is 0 Å². The zero-order valence-corrected chi connectivity index (χ0v) is 27.2. The number of thiophene rings is 1. The van der Waals surface area contributed by atoms with Crippen molar-refractivity contribution in [2.45, 2.75) is 6.42 Å². The lowest BCUT2D eigenvalue weighted by molar-refractivity contribution is -0.116. The number of carbonyl (C=O) groups excluding carboxylic acids is 2. The second kappa shape index (κ2) is 13.7. The average molecular weight is 638 g/mol. The Hall–Kier alpha value is -4.71. The Kier molecular flexibility index (Phi) is 9.34. The van der Waals surface area contributed by atoms with Crippen LogP contribution >= 0.6 is 11.3 Å². The predicted octanol–water partition coefficient (Wildman–Crippen LogP) is 5.07. The zero-order valence-electron chi connectivity index (χ0n) is 26.4. The molecule has 6 rings (SSSR count). The highest BCUT2D eigenvalue weighted by molar-refractivity contribution is 7.18. The van der Waals surface area contributed by atoms with Crippen LogP contribution in [0.3, 0.4) is 0 Å². The van der Waals surface area contributed by atoms with E-state index in [9.17, 15) is 9.59 Å². The van der Waals surface area contributed by atoms with Gasteiger partial charge in [-0.3, -0.25) is 9.59 Å². The summed E-state index contributed by atoms with van der Waals surface area (Å²) in [5.74, 6) is 0.570. The molecule has 1 aliphatic heterocycles. The van der Waals surface area contributed by atoms with Crippen molar-refractivity contribution in [3.8, 4) is 16.9 Å². The summed E-state index contributed by atoms with van der Waals surface area (Å²) in [6.45, 7) is 5.95. The summed E-state index contributed by atoms with van der Waals surface area (Å²) >= 11 is 1.54. The molecule has 1 saturated heterocycles. The van der Waals surface area contributed by atoms with E-state index in [1.165, 1.54) is 0 Å². The molecule has 0 spiro atoms. The number of fused-ring (bicyclic) bond motifs is 2. The van der Waals surface area contributed by atoms with Gasteiger partial charge in [0.1, 0.15) is 17.3 Å². The number of ether oxygens (including phenoxy) is 1. The second-order valence-corrected chi connectivity index (χ2v) is 12.5. The van der Waals surface area contributed by atoms with Crippen LogP contribution in [0.1, 0.15) is 22.5 Å². The molecule has 10 nitrogen and oxygen atoms in total. The molecule has 0 aliphatic carbocycles. The molecule has 1 fully saturated rings. The van der Waals surface area contributed by atoms with Gasteiger partial charge in [-0.1, -0.05) is 24.3 Å². The van der Waals surface area contributed by atoms with Gasteiger partial charge in [0.05, 0.1) is 12.8 Å². The summed E-state index contributed by atoms with van der Waals surface area (Å²) in [6, 6.07) is 15.4. The maximum Gasteiger partial charge on any atom is 0.272 e. The molecule has 0 radical (unpaired) electrons. The quantitative estimate of drug-likeness (QED) is 0.145. The molecule has 2 aromatic carbocycles. The topological polar surface area (TPSA) is 118 Å². The fourth-order valence-corrected chi connectivity index (χ4v) is 6.96. The molecule has 11 heteroatoms. The van der Waals surface area contributed by atoms with Gasteiger partial charge < -0.3 is 35.5 Å². The van der Waals surface area contributed by atoms with Gasteiger partial charge in [0.25, 0.3) is 5.91 Å². The number of nitrogens with two attached hydrogens (primary N) is 1. The number of para-hydroxylation sites is 1. The van der Waals surface area contributed by atoms with Crippen LogP contribution < -0.4 is 21.1 Å². The van der Waals surface area contributed by atoms with Gasteiger partial charge in [0, 0.05) is 84.2 Å². The van der Waals surface area contributed by atoms with E-state index in [0.717, 1.165) is 76.8 Å². The second-order valence-electron chi connectivity index (χ2n) is 11.6. The number of hydrogen-bond acceptors (Lipinski definition) is 8. The molecule has 238 valence electrons. The van der Waals surface area contributed by atoms with Crippen molar-refractivity contribution in [2.24, 2.45) is 7.05 Å². The van der Waals surface area contributed by atoms with Gasteiger partial charge in [0.15, 0.2) is 0 Å². The first-order valence-electron chi connectivity index (χ1n) is 15.4. The molecule has 2 amide bonds. The standard InChI is InChI=1S/C35H39N7O3S/c1-40-15-17-42(18-16-40)14-6-13-37-31(43)12-10-25-21-38-34(36)32-26(22-46-33(25)32)23-9-11-27(30(20-23)45-3)39-35(44)29-19-24-7-4-5-8-28(24)41(29)2/h4-5,7-12,19-22H,6,13-18H2,1-3H3,(H2,36,38)(H,37,43)(H,39,44). The monoisotopic (exact) mass is 637 g/mol. The number of likely N-dealkylation sites (N-methyl/N-ethyl adjacent to an activating group) is 1. The number of nitrogens with zero attached hydrogens (tertiary/aromatic N) is 4. The lowest BCUT2D eigenvalue weighted by atomic mass is 10.0. The fraction of sp³-hybridized carbons (Fsp3) is 0.286. The Morgan fingerprint density at radius 1 is 1.09 bits per heavy atom. The third kappa shape index (κ3) is 6.62. The van der Waals surface area contributed by atoms with E-state index in [0.29, 0.717) is 29.5 Å². The molecule has 0 bridgehead atoms. The maximum absolute atomic E-state index is 13.3. The van der Waals surface area contributed by atoms with Gasteiger partial charge in [-0.2, -0.15) is 0 Å². The first-order chi connectivity index (χ1) is 22.3. The van der Waals surface area contributed by atoms with Crippen molar-refractivity contribution in [1.29, 1.82) is 0 Å². The number of rotatable bonds is 10. The summed E-state index contributed by atoms with van der Waals surface area (Å²) in [5, 5.41) is 9.84. The largest absolute Gasteiger partial charge is 0.495 e. The van der Waals surface area contributed by atoms with Crippen LogP contribution in [-0.4, -0.2) is 84.6 Å². The zero-order chi connectivity index (χ0) is 32.2. The van der Waals surface area contributed by atoms with Crippen molar-refractivity contribution in [1.82, 2.24) is 24.7 Å². The van der Waals surface area contributed by atoms with Crippen molar-refractivity contribution < 1.29 is 14.3 Å². The third-order valence-electron chi connectivity index (χ3n) is 8.56. The Morgan fingerprint density at radius 3 is 2.67 bits per heavy atom. The number of nitrogens with one attached hydrogen (secondary N) is 2. The fourth-order valence-electron chi connectivity index (χ4n) is 5.88. The molecule has 0 atom stereocenters. The molecule has 0 saturated carbocycles. The van der Waals surface area contributed by atoms with Crippen LogP contribution in [0.5, 0.6) is 5.75 Å². The number of pyridine rings is 1. The van der Waals surface area contributed by atoms with Crippen LogP contribution in [0.4, 0.5) is 11.5 Å². The molecular formula is C35H39N7O3S. The summed E-state index contributed by atoms with van der Waals surface area (Å²) in [6.07, 6.45) is 5.96. The highest BCUT2D eigenvalue weighted by atomic mass is 32.1. The normalized spacial score (nSPS) is 14.3. The minimum Gasteiger partial charge on any atom is -0.495 e. The maximum atomic E-state index is 13.3. The Morgan fingerprint density at radius 2 is 1.89 bits per heavy atom. The molecule has 4 heterocycles. The first kappa shape index (κ1) is 31.3. The smallest absolute Gasteiger partial charge is 0.272 e. The van der Waals surface area contributed by atoms with Gasteiger partial charge in [-0.15, -0.1) is 11.3 Å². The number of anilines is 2. The number of amides is 2. The number of aromatic nitrogens is 2. The molecule has 3 aromatic heterocycles. The lowest BCUT2D eigenvalue weighted by Crippen LogP contribution is -2.45. The van der Waals surface area contributed by atoms with E-state index in [1.54, 1.807) is 36.8 Å². The number of methoxy groups -OCH3 is 1. The van der Waals surface area contributed by atoms with Crippen molar-refractivity contribution >= 4 is 61.7 Å². The first-order valence-corrected chi connectivity index (χ1v) is 16.3. The van der Waals surface area contributed by atoms with Gasteiger partial charge in [0.2, 0.25) is 5.91 Å². The van der Waals surface area contributed by atoms with Crippen molar-refractivity contribution in [3.63, 3.8) is 0 Å². The number of carbonyl (C=O) groups is 2. The highest BCUT2D eigenvalue weighted by Gasteiger charge is 2.18. The number of benzene rings is 2. The molecule has 1 aliphatic rings. The summed E-state index contributed by atoms with van der Waals surface area (Å²) < 4.78 is 8.51. The van der Waals surface area contributed by atoms with Crippen molar-refractivity contribution in [3.05, 3.63) is 77.4 Å². The van der Waals surface area contributed by atoms with Crippen LogP contribution in [0.15, 0.2) is 66.2 Å². The van der Waals surface area contributed by atoms with Crippen molar-refractivity contribution in [2.75, 3.05) is 64.5 Å². The Bertz CT molecular complexity index is 1920. The van der Waals surface area contributed by atoms with E-state index >= 15 is 0 Å². The van der Waals surface area contributed by atoms with E-state index in [1.807, 2.05) is 65.5 Å². The summed E-state index contributed by atoms with van der Waals surface area (Å²) in [4.78, 5) is 35.0. The van der Waals surface area contributed by atoms with Crippen LogP contribution in [0.2, 0.25) is 0 Å². The van der Waals surface area contributed by atoms with Crippen LogP contribution in [0, 0.1) is 0 Å². The number of piperazine rings is 1. The van der Waals surface area contributed by atoms with E-state index in [2.05, 4.69) is 32.5 Å². The van der Waals surface area contributed by atoms with E-state index in [-0.39, 0.29) is 11.8 Å². The molecule has 46 heavy (non-hydrogen) atoms. The van der Waals surface area contributed by atoms with Crippen LogP contribution in [0.25, 0.3) is 38.2 Å². The van der Waals surface area contributed by atoms with Gasteiger partial charge in [-0.05, 0) is 61.3 Å². The molecule has 0 unspecified atom stereocenters. The lowest BCUT2D eigenvalue weighted by Gasteiger charge is -2.32. The van der Waals surface area contributed by atoms with Crippen LogP contribution in [-0.2, 0) is 11.8 Å². The van der Waals surface area contributed by atoms with Gasteiger partial charge in [-0.25, -0.2) is 4.98 Å².